The Labute approximate surface area is 136 Å². The Morgan fingerprint density at radius 2 is 1.96 bits per heavy atom. The van der Waals surface area contributed by atoms with Gasteiger partial charge in [0.05, 0.1) is 0 Å². The van der Waals surface area contributed by atoms with Crippen molar-refractivity contribution in [3.05, 3.63) is 42.5 Å². The summed E-state index contributed by atoms with van der Waals surface area (Å²) >= 11 is 0. The second-order valence-electron chi connectivity index (χ2n) is 6.02. The quantitative estimate of drug-likeness (QED) is 0.723. The Morgan fingerprint density at radius 3 is 2.78 bits per heavy atom. The van der Waals surface area contributed by atoms with Crippen LogP contribution >= 0.6 is 0 Å². The Kier molecular flexibility index (Phi) is 5.48. The lowest BCUT2D eigenvalue weighted by molar-refractivity contribution is -0.123. The average molecular weight is 313 g/mol. The predicted molar refractivity (Wildman–Crippen MR) is 90.6 cm³/mol. The molecule has 0 heterocycles. The van der Waals surface area contributed by atoms with Gasteiger partial charge in [-0.15, -0.1) is 0 Å². The molecule has 2 aromatic rings. The summed E-state index contributed by atoms with van der Waals surface area (Å²) in [4.78, 5) is 11.8. The van der Waals surface area contributed by atoms with Crippen molar-refractivity contribution in [2.75, 3.05) is 26.4 Å². The zero-order valence-electron chi connectivity index (χ0n) is 13.3. The van der Waals surface area contributed by atoms with Gasteiger partial charge in [-0.05, 0) is 48.1 Å². The molecule has 1 aliphatic carbocycles. The van der Waals surface area contributed by atoms with Crippen molar-refractivity contribution in [1.29, 1.82) is 0 Å². The molecule has 1 N–H and O–H groups in total. The van der Waals surface area contributed by atoms with Gasteiger partial charge in [-0.2, -0.15) is 0 Å². The van der Waals surface area contributed by atoms with Crippen molar-refractivity contribution in [2.24, 2.45) is 5.92 Å². The van der Waals surface area contributed by atoms with Gasteiger partial charge in [-0.1, -0.05) is 30.3 Å². The zero-order chi connectivity index (χ0) is 15.9. The number of hydrogen-bond donors (Lipinski definition) is 1. The number of ether oxygens (including phenoxy) is 2. The molecular formula is C19H23NO3. The molecule has 0 bridgehead atoms. The first kappa shape index (κ1) is 15.8. The Bertz CT molecular complexity index is 652. The second-order valence-corrected chi connectivity index (χ2v) is 6.02. The highest BCUT2D eigenvalue weighted by atomic mass is 16.5. The normalized spacial score (nSPS) is 13.9. The average Bonchev–Trinajstić information content (AvgIpc) is 3.40. The number of hydrogen-bond acceptors (Lipinski definition) is 3. The van der Waals surface area contributed by atoms with E-state index in [-0.39, 0.29) is 12.5 Å². The molecule has 1 saturated carbocycles. The van der Waals surface area contributed by atoms with Crippen LogP contribution in [0.2, 0.25) is 0 Å². The Balaban J connectivity index is 1.32. The molecule has 4 nitrogen and oxygen atoms in total. The zero-order valence-corrected chi connectivity index (χ0v) is 13.3. The molecule has 0 radical (unpaired) electrons. The van der Waals surface area contributed by atoms with Crippen molar-refractivity contribution in [3.63, 3.8) is 0 Å². The van der Waals surface area contributed by atoms with E-state index in [0.717, 1.165) is 29.7 Å². The van der Waals surface area contributed by atoms with Gasteiger partial charge in [0, 0.05) is 19.8 Å². The smallest absolute Gasteiger partial charge is 0.257 e. The van der Waals surface area contributed by atoms with E-state index in [2.05, 4.69) is 11.4 Å². The van der Waals surface area contributed by atoms with E-state index in [1.165, 1.54) is 12.8 Å². The summed E-state index contributed by atoms with van der Waals surface area (Å²) in [7, 11) is 0. The molecule has 4 heteroatoms. The van der Waals surface area contributed by atoms with E-state index in [9.17, 15) is 4.79 Å². The van der Waals surface area contributed by atoms with Crippen molar-refractivity contribution in [2.45, 2.75) is 19.3 Å². The highest BCUT2D eigenvalue weighted by molar-refractivity contribution is 5.84. The van der Waals surface area contributed by atoms with Gasteiger partial charge in [0.2, 0.25) is 0 Å². The first-order valence-electron chi connectivity index (χ1n) is 8.27. The summed E-state index contributed by atoms with van der Waals surface area (Å²) in [6.07, 6.45) is 3.46. The van der Waals surface area contributed by atoms with E-state index < -0.39 is 0 Å². The molecule has 0 aliphatic heterocycles. The lowest BCUT2D eigenvalue weighted by atomic mass is 10.1. The molecular weight excluding hydrogens is 290 g/mol. The fourth-order valence-electron chi connectivity index (χ4n) is 2.39. The lowest BCUT2D eigenvalue weighted by Crippen LogP contribution is -2.30. The van der Waals surface area contributed by atoms with E-state index in [0.29, 0.717) is 18.9 Å². The van der Waals surface area contributed by atoms with Gasteiger partial charge >= 0.3 is 0 Å². The number of nitrogens with one attached hydrogen (secondary N) is 1. The van der Waals surface area contributed by atoms with Crippen LogP contribution in [0.3, 0.4) is 0 Å². The minimum absolute atomic E-state index is 0.0429. The second kappa shape index (κ2) is 7.97. The highest BCUT2D eigenvalue weighted by Gasteiger charge is 2.20. The monoisotopic (exact) mass is 313 g/mol. The van der Waals surface area contributed by atoms with Crippen LogP contribution in [0.15, 0.2) is 42.5 Å². The van der Waals surface area contributed by atoms with E-state index >= 15 is 0 Å². The minimum atomic E-state index is -0.0969. The first-order chi connectivity index (χ1) is 11.3. The molecule has 1 amide bonds. The predicted octanol–water partition coefficient (Wildman–Crippen LogP) is 3.15. The third kappa shape index (κ3) is 5.25. The number of carbonyl (C=O) groups excluding carboxylic acids is 1. The third-order valence-electron chi connectivity index (χ3n) is 3.93. The van der Waals surface area contributed by atoms with Crippen molar-refractivity contribution in [1.82, 2.24) is 5.32 Å². The summed E-state index contributed by atoms with van der Waals surface area (Å²) in [6, 6.07) is 13.9. The molecule has 0 atom stereocenters. The number of carbonyl (C=O) groups is 1. The summed E-state index contributed by atoms with van der Waals surface area (Å²) < 4.78 is 11.1. The number of fused-ring (bicyclic) bond motifs is 1. The van der Waals surface area contributed by atoms with Crippen LogP contribution in [0, 0.1) is 5.92 Å². The maximum Gasteiger partial charge on any atom is 0.257 e. The molecule has 2 aromatic carbocycles. The fraction of sp³-hybridized carbons (Fsp3) is 0.421. The van der Waals surface area contributed by atoms with Crippen LogP contribution in [0.5, 0.6) is 5.75 Å². The SMILES string of the molecule is O=C(COc1ccc2ccccc2c1)NCCCOCC1CC1. The van der Waals surface area contributed by atoms with Crippen LogP contribution in [0.1, 0.15) is 19.3 Å². The maximum atomic E-state index is 11.8. The van der Waals surface area contributed by atoms with Crippen LogP contribution in [0.25, 0.3) is 10.8 Å². The van der Waals surface area contributed by atoms with Gasteiger partial charge in [-0.3, -0.25) is 4.79 Å². The van der Waals surface area contributed by atoms with Crippen LogP contribution in [-0.2, 0) is 9.53 Å². The van der Waals surface area contributed by atoms with Crippen molar-refractivity contribution in [3.8, 4) is 5.75 Å². The third-order valence-corrected chi connectivity index (χ3v) is 3.93. The summed E-state index contributed by atoms with van der Waals surface area (Å²) in [6.45, 7) is 2.26. The molecule has 0 spiro atoms. The van der Waals surface area contributed by atoms with Crippen LogP contribution in [-0.4, -0.2) is 32.3 Å². The first-order valence-corrected chi connectivity index (χ1v) is 8.27. The van der Waals surface area contributed by atoms with Gasteiger partial charge in [-0.25, -0.2) is 0 Å². The topological polar surface area (TPSA) is 47.6 Å². The molecule has 1 aliphatic rings. The molecule has 3 rings (SSSR count). The van der Waals surface area contributed by atoms with E-state index in [4.69, 9.17) is 9.47 Å². The van der Waals surface area contributed by atoms with Crippen molar-refractivity contribution >= 4 is 16.7 Å². The van der Waals surface area contributed by atoms with Crippen LogP contribution in [0.4, 0.5) is 0 Å². The fourth-order valence-corrected chi connectivity index (χ4v) is 2.39. The lowest BCUT2D eigenvalue weighted by Gasteiger charge is -2.08. The number of rotatable bonds is 9. The number of benzene rings is 2. The molecule has 0 aromatic heterocycles. The van der Waals surface area contributed by atoms with Gasteiger partial charge in [0.15, 0.2) is 6.61 Å². The Morgan fingerprint density at radius 1 is 1.13 bits per heavy atom. The summed E-state index contributed by atoms with van der Waals surface area (Å²) in [5.41, 5.74) is 0. The van der Waals surface area contributed by atoms with Gasteiger partial charge < -0.3 is 14.8 Å². The van der Waals surface area contributed by atoms with E-state index in [1.54, 1.807) is 0 Å². The van der Waals surface area contributed by atoms with Gasteiger partial charge in [0.1, 0.15) is 5.75 Å². The molecule has 122 valence electrons. The number of amides is 1. The standard InChI is InChI=1S/C19H23NO3/c21-19(20-10-3-11-22-13-15-6-7-15)14-23-18-9-8-16-4-1-2-5-17(16)12-18/h1-2,4-5,8-9,12,15H,3,6-7,10-11,13-14H2,(H,20,21). The maximum absolute atomic E-state index is 11.8. The van der Waals surface area contributed by atoms with E-state index in [1.807, 2.05) is 36.4 Å². The van der Waals surface area contributed by atoms with Crippen molar-refractivity contribution < 1.29 is 14.3 Å². The summed E-state index contributed by atoms with van der Waals surface area (Å²) in [5.74, 6) is 1.41. The summed E-state index contributed by atoms with van der Waals surface area (Å²) in [5, 5.41) is 5.12. The van der Waals surface area contributed by atoms with Gasteiger partial charge in [0.25, 0.3) is 5.91 Å². The molecule has 0 saturated heterocycles. The largest absolute Gasteiger partial charge is 0.484 e. The molecule has 1 fully saturated rings. The molecule has 23 heavy (non-hydrogen) atoms. The molecule has 0 unspecified atom stereocenters. The van der Waals surface area contributed by atoms with Crippen LogP contribution < -0.4 is 10.1 Å². The highest BCUT2D eigenvalue weighted by Crippen LogP contribution is 2.28. The Hall–Kier alpha value is -2.07. The minimum Gasteiger partial charge on any atom is -0.484 e.